The number of fused-ring (bicyclic) bond motifs is 1. The average Bonchev–Trinajstić information content (AvgIpc) is 2.75. The Balaban J connectivity index is 1.86. The number of Topliss-reactive ketones (excluding diaryl/α,β-unsaturated/α-hetero) is 1. The fraction of sp³-hybridized carbons (Fsp3) is 0.400. The molecule has 0 spiro atoms. The van der Waals surface area contributed by atoms with Crippen molar-refractivity contribution < 1.29 is 4.79 Å². The van der Waals surface area contributed by atoms with E-state index >= 15 is 0 Å². The predicted octanol–water partition coefficient (Wildman–Crippen LogP) is 1.56. The molecule has 2 heterocycles. The van der Waals surface area contributed by atoms with Crippen molar-refractivity contribution in [1.82, 2.24) is 15.2 Å². The predicted molar refractivity (Wildman–Crippen MR) is 76.7 cm³/mol. The van der Waals surface area contributed by atoms with Crippen molar-refractivity contribution in [3.63, 3.8) is 0 Å². The number of hydrogen-bond donors (Lipinski definition) is 2. The number of aromatic nitrogens is 1. The van der Waals surface area contributed by atoms with Gasteiger partial charge in [0.1, 0.15) is 0 Å². The van der Waals surface area contributed by atoms with E-state index < -0.39 is 0 Å². The van der Waals surface area contributed by atoms with Gasteiger partial charge in [-0.05, 0) is 13.0 Å². The van der Waals surface area contributed by atoms with Gasteiger partial charge in [0.05, 0.1) is 6.54 Å². The van der Waals surface area contributed by atoms with Gasteiger partial charge >= 0.3 is 0 Å². The third-order valence-electron chi connectivity index (χ3n) is 3.75. The number of nitrogens with zero attached hydrogens (tertiary/aromatic N) is 1. The number of rotatable bonds is 3. The van der Waals surface area contributed by atoms with Crippen LogP contribution in [0.2, 0.25) is 0 Å². The molecule has 0 bridgehead atoms. The zero-order valence-corrected chi connectivity index (χ0v) is 11.2. The second-order valence-electron chi connectivity index (χ2n) is 5.12. The Morgan fingerprint density at radius 3 is 2.79 bits per heavy atom. The summed E-state index contributed by atoms with van der Waals surface area (Å²) >= 11 is 0. The van der Waals surface area contributed by atoms with Gasteiger partial charge in [-0.1, -0.05) is 18.2 Å². The largest absolute Gasteiger partial charge is 0.358 e. The molecule has 0 radical (unpaired) electrons. The van der Waals surface area contributed by atoms with Crippen LogP contribution < -0.4 is 5.32 Å². The van der Waals surface area contributed by atoms with Crippen molar-refractivity contribution in [1.29, 1.82) is 0 Å². The van der Waals surface area contributed by atoms with Crippen LogP contribution >= 0.6 is 0 Å². The molecular formula is C15H19N3O. The van der Waals surface area contributed by atoms with Crippen LogP contribution in [0.5, 0.6) is 0 Å². The van der Waals surface area contributed by atoms with Crippen molar-refractivity contribution in [2.45, 2.75) is 6.92 Å². The second kappa shape index (κ2) is 5.15. The number of para-hydroxylation sites is 1. The first-order valence-electron chi connectivity index (χ1n) is 6.79. The van der Waals surface area contributed by atoms with Crippen LogP contribution in [0, 0.1) is 6.92 Å². The number of aryl methyl sites for hydroxylation is 1. The fourth-order valence-corrected chi connectivity index (χ4v) is 2.79. The number of hydrogen-bond acceptors (Lipinski definition) is 3. The van der Waals surface area contributed by atoms with Crippen LogP contribution in [0.25, 0.3) is 10.9 Å². The smallest absolute Gasteiger partial charge is 0.179 e. The average molecular weight is 257 g/mol. The summed E-state index contributed by atoms with van der Waals surface area (Å²) in [6, 6.07) is 8.01. The highest BCUT2D eigenvalue weighted by Crippen LogP contribution is 2.22. The molecule has 1 aliphatic heterocycles. The molecule has 1 saturated heterocycles. The Hall–Kier alpha value is -1.65. The molecule has 0 unspecified atom stereocenters. The summed E-state index contributed by atoms with van der Waals surface area (Å²) < 4.78 is 0. The maximum absolute atomic E-state index is 12.5. The van der Waals surface area contributed by atoms with Crippen LogP contribution in [-0.4, -0.2) is 48.4 Å². The number of carbonyl (C=O) groups is 1. The molecule has 2 N–H and O–H groups in total. The zero-order chi connectivity index (χ0) is 13.2. The molecule has 1 fully saturated rings. The zero-order valence-electron chi connectivity index (χ0n) is 11.2. The lowest BCUT2D eigenvalue weighted by molar-refractivity contribution is 0.0922. The molecule has 1 aromatic carbocycles. The van der Waals surface area contributed by atoms with Crippen LogP contribution in [0.4, 0.5) is 0 Å². The molecule has 4 heteroatoms. The number of benzene rings is 1. The highest BCUT2D eigenvalue weighted by atomic mass is 16.1. The standard InChI is InChI=1S/C15H19N3O/c1-11-15(12-4-2-3-5-13(12)17-11)14(19)10-18-8-6-16-7-9-18/h2-5,16-17H,6-10H2,1H3. The number of carbonyl (C=O) groups excluding carboxylic acids is 1. The summed E-state index contributed by atoms with van der Waals surface area (Å²) in [5, 5.41) is 4.35. The van der Waals surface area contributed by atoms with E-state index in [9.17, 15) is 4.79 Å². The van der Waals surface area contributed by atoms with Crippen molar-refractivity contribution in [3.05, 3.63) is 35.5 Å². The van der Waals surface area contributed by atoms with Gasteiger partial charge in [-0.3, -0.25) is 9.69 Å². The van der Waals surface area contributed by atoms with E-state index in [1.54, 1.807) is 0 Å². The van der Waals surface area contributed by atoms with E-state index in [1.807, 2.05) is 31.2 Å². The summed E-state index contributed by atoms with van der Waals surface area (Å²) in [5.74, 6) is 0.219. The lowest BCUT2D eigenvalue weighted by Crippen LogP contribution is -2.45. The first-order chi connectivity index (χ1) is 9.25. The van der Waals surface area contributed by atoms with Gasteiger partial charge in [-0.15, -0.1) is 0 Å². The Morgan fingerprint density at radius 1 is 1.26 bits per heavy atom. The number of aromatic amines is 1. The summed E-state index contributed by atoms with van der Waals surface area (Å²) in [7, 11) is 0. The van der Waals surface area contributed by atoms with Gasteiger partial charge in [0.25, 0.3) is 0 Å². The molecule has 1 aromatic heterocycles. The molecule has 19 heavy (non-hydrogen) atoms. The van der Waals surface area contributed by atoms with Crippen molar-refractivity contribution in [2.75, 3.05) is 32.7 Å². The third kappa shape index (κ3) is 2.41. The number of H-pyrrole nitrogens is 1. The van der Waals surface area contributed by atoms with Crippen LogP contribution in [-0.2, 0) is 0 Å². The van der Waals surface area contributed by atoms with Crippen LogP contribution in [0.3, 0.4) is 0 Å². The van der Waals surface area contributed by atoms with Gasteiger partial charge in [0.15, 0.2) is 5.78 Å². The lowest BCUT2D eigenvalue weighted by Gasteiger charge is -2.26. The highest BCUT2D eigenvalue weighted by molar-refractivity contribution is 6.10. The third-order valence-corrected chi connectivity index (χ3v) is 3.75. The summed E-state index contributed by atoms with van der Waals surface area (Å²) in [6.45, 7) is 6.34. The van der Waals surface area contributed by atoms with Crippen LogP contribution in [0.1, 0.15) is 16.1 Å². The first-order valence-corrected chi connectivity index (χ1v) is 6.79. The molecular weight excluding hydrogens is 238 g/mol. The van der Waals surface area contributed by atoms with Gasteiger partial charge in [0.2, 0.25) is 0 Å². The Kier molecular flexibility index (Phi) is 3.36. The topological polar surface area (TPSA) is 48.1 Å². The summed E-state index contributed by atoms with van der Waals surface area (Å²) in [4.78, 5) is 18.0. The normalized spacial score (nSPS) is 16.9. The minimum Gasteiger partial charge on any atom is -0.358 e. The molecule has 0 atom stereocenters. The molecule has 1 aliphatic rings. The lowest BCUT2D eigenvalue weighted by atomic mass is 10.1. The maximum atomic E-state index is 12.5. The van der Waals surface area contributed by atoms with Crippen molar-refractivity contribution in [2.24, 2.45) is 0 Å². The van der Waals surface area contributed by atoms with E-state index in [1.165, 1.54) is 0 Å². The highest BCUT2D eigenvalue weighted by Gasteiger charge is 2.19. The Labute approximate surface area is 112 Å². The van der Waals surface area contributed by atoms with Crippen molar-refractivity contribution in [3.8, 4) is 0 Å². The van der Waals surface area contributed by atoms with E-state index in [0.29, 0.717) is 6.54 Å². The van der Waals surface area contributed by atoms with Crippen molar-refractivity contribution >= 4 is 16.7 Å². The number of nitrogens with one attached hydrogen (secondary N) is 2. The van der Waals surface area contributed by atoms with Crippen LogP contribution in [0.15, 0.2) is 24.3 Å². The van der Waals surface area contributed by atoms with E-state index in [-0.39, 0.29) is 5.78 Å². The summed E-state index contributed by atoms with van der Waals surface area (Å²) in [6.07, 6.45) is 0. The van der Waals surface area contributed by atoms with E-state index in [0.717, 1.165) is 48.3 Å². The second-order valence-corrected chi connectivity index (χ2v) is 5.12. The molecule has 0 amide bonds. The van der Waals surface area contributed by atoms with E-state index in [4.69, 9.17) is 0 Å². The van der Waals surface area contributed by atoms with Gasteiger partial charge in [-0.25, -0.2) is 0 Å². The van der Waals surface area contributed by atoms with Gasteiger partial charge in [-0.2, -0.15) is 0 Å². The Bertz CT molecular complexity index is 596. The van der Waals surface area contributed by atoms with Gasteiger partial charge in [0, 0.05) is 48.3 Å². The Morgan fingerprint density at radius 2 is 2.00 bits per heavy atom. The van der Waals surface area contributed by atoms with Gasteiger partial charge < -0.3 is 10.3 Å². The molecule has 2 aromatic rings. The summed E-state index contributed by atoms with van der Waals surface area (Å²) in [5.41, 5.74) is 2.87. The molecule has 4 nitrogen and oxygen atoms in total. The molecule has 0 saturated carbocycles. The van der Waals surface area contributed by atoms with E-state index in [2.05, 4.69) is 15.2 Å². The maximum Gasteiger partial charge on any atom is 0.179 e. The number of piperazine rings is 1. The first kappa shape index (κ1) is 12.4. The minimum atomic E-state index is 0.219. The minimum absolute atomic E-state index is 0.219. The monoisotopic (exact) mass is 257 g/mol. The molecule has 0 aliphatic carbocycles. The quantitative estimate of drug-likeness (QED) is 0.820. The molecule has 100 valence electrons. The SMILES string of the molecule is Cc1[nH]c2ccccc2c1C(=O)CN1CCNCC1. The number of ketones is 1. The molecule has 3 rings (SSSR count). The fourth-order valence-electron chi connectivity index (χ4n) is 2.79.